The highest BCUT2D eigenvalue weighted by molar-refractivity contribution is 5.80. The number of hydrogen-bond donors (Lipinski definition) is 1. The van der Waals surface area contributed by atoms with Crippen LogP contribution in [0.5, 0.6) is 5.88 Å². The Balaban J connectivity index is 0.00000149. The molecule has 1 aromatic carbocycles. The summed E-state index contributed by atoms with van der Waals surface area (Å²) in [6, 6.07) is 12.2. The van der Waals surface area contributed by atoms with Crippen molar-refractivity contribution in [3.05, 3.63) is 60.1 Å². The van der Waals surface area contributed by atoms with Crippen LogP contribution >= 0.6 is 0 Å². The molecule has 2 aromatic rings. The molecule has 7 heteroatoms. The first kappa shape index (κ1) is 24.4. The third-order valence-corrected chi connectivity index (χ3v) is 5.53. The summed E-state index contributed by atoms with van der Waals surface area (Å²) >= 11 is 0. The van der Waals surface area contributed by atoms with Gasteiger partial charge in [-0.1, -0.05) is 26.0 Å². The Morgan fingerprint density at radius 1 is 1.15 bits per heavy atom. The summed E-state index contributed by atoms with van der Waals surface area (Å²) in [7, 11) is 0. The number of benzene rings is 1. The summed E-state index contributed by atoms with van der Waals surface area (Å²) in [5.41, 5.74) is 7.13. The molecule has 33 heavy (non-hydrogen) atoms. The van der Waals surface area contributed by atoms with Gasteiger partial charge in [-0.05, 0) is 56.5 Å². The lowest BCUT2D eigenvalue weighted by atomic mass is 10.1. The minimum absolute atomic E-state index is 0.525. The fourth-order valence-corrected chi connectivity index (χ4v) is 3.86. The lowest BCUT2D eigenvalue weighted by molar-refractivity contribution is 0.210. The second kappa shape index (κ2) is 12.7. The zero-order valence-electron chi connectivity index (χ0n) is 20.2. The smallest absolute Gasteiger partial charge is 0.215 e. The molecule has 2 saturated heterocycles. The van der Waals surface area contributed by atoms with Crippen LogP contribution in [0.25, 0.3) is 0 Å². The molecule has 0 unspecified atom stereocenters. The van der Waals surface area contributed by atoms with Crippen molar-refractivity contribution < 1.29 is 9.47 Å². The Morgan fingerprint density at radius 3 is 2.70 bits per heavy atom. The fourth-order valence-electron chi connectivity index (χ4n) is 3.86. The molecule has 1 N–H and O–H groups in total. The van der Waals surface area contributed by atoms with E-state index in [4.69, 9.17) is 9.47 Å². The predicted molar refractivity (Wildman–Crippen MR) is 136 cm³/mol. The number of aryl methyl sites for hydroxylation is 1. The number of hydrogen-bond acceptors (Lipinski definition) is 7. The first-order valence-electron chi connectivity index (χ1n) is 12.0. The molecule has 1 aromatic heterocycles. The van der Waals surface area contributed by atoms with E-state index < -0.39 is 0 Å². The van der Waals surface area contributed by atoms with Crippen molar-refractivity contribution in [3.8, 4) is 5.88 Å². The first-order chi connectivity index (χ1) is 16.2. The number of piperidine rings is 1. The van der Waals surface area contributed by atoms with E-state index in [1.165, 1.54) is 24.8 Å². The van der Waals surface area contributed by atoms with E-state index in [2.05, 4.69) is 57.0 Å². The Bertz CT molecular complexity index is 925. The van der Waals surface area contributed by atoms with E-state index >= 15 is 0 Å². The Morgan fingerprint density at radius 2 is 1.97 bits per heavy atom. The third kappa shape index (κ3) is 7.41. The van der Waals surface area contributed by atoms with Gasteiger partial charge in [-0.25, -0.2) is 4.98 Å². The molecule has 0 atom stereocenters. The van der Waals surface area contributed by atoms with E-state index in [-0.39, 0.29) is 0 Å². The van der Waals surface area contributed by atoms with Crippen LogP contribution in [0.1, 0.15) is 44.4 Å². The lowest BCUT2D eigenvalue weighted by Crippen LogP contribution is -2.29. The van der Waals surface area contributed by atoms with Gasteiger partial charge in [-0.15, -0.1) is 0 Å². The van der Waals surface area contributed by atoms with Crippen LogP contribution < -0.4 is 15.1 Å². The first-order valence-corrected chi connectivity index (χ1v) is 12.0. The zero-order chi connectivity index (χ0) is 23.5. The molecule has 2 aliphatic heterocycles. The normalized spacial score (nSPS) is 15.8. The average Bonchev–Trinajstić information content (AvgIpc) is 3.25. The standard InChI is InChI=1S/C24H31N5O2.C2H6/c1-19-7-6-8-21(15-19)27-25-18-22-16-23(29-9-4-3-5-10-29)17-24(26-22)31-14-12-28-11-13-30-20(28)2;1-2/h6-8,15-18,27H,2-5,9-14H2,1H3;1-2H3/b25-18+;. The number of nitrogens with one attached hydrogen (secondary N) is 1. The van der Waals surface area contributed by atoms with Gasteiger partial charge < -0.3 is 19.3 Å². The molecule has 2 fully saturated rings. The topological polar surface area (TPSA) is 62.2 Å². The summed E-state index contributed by atoms with van der Waals surface area (Å²) in [5, 5.41) is 4.39. The molecule has 0 bridgehead atoms. The minimum atomic E-state index is 0.525. The molecular formula is C26H37N5O2. The fraction of sp³-hybridized carbons (Fsp3) is 0.462. The van der Waals surface area contributed by atoms with Crippen LogP contribution in [0.2, 0.25) is 0 Å². The van der Waals surface area contributed by atoms with Crippen molar-refractivity contribution in [1.82, 2.24) is 9.88 Å². The van der Waals surface area contributed by atoms with Crippen LogP contribution in [-0.4, -0.2) is 55.5 Å². The summed E-state index contributed by atoms with van der Waals surface area (Å²) in [6.45, 7) is 14.9. The lowest BCUT2D eigenvalue weighted by Gasteiger charge is -2.29. The quantitative estimate of drug-likeness (QED) is 0.448. The van der Waals surface area contributed by atoms with E-state index in [0.717, 1.165) is 43.2 Å². The second-order valence-corrected chi connectivity index (χ2v) is 7.95. The number of hydrazone groups is 1. The number of nitrogens with zero attached hydrogens (tertiary/aromatic N) is 4. The number of ether oxygens (including phenoxy) is 2. The predicted octanol–water partition coefficient (Wildman–Crippen LogP) is 5.03. The molecule has 3 heterocycles. The molecule has 7 nitrogen and oxygen atoms in total. The SMILES string of the molecule is C=C1OCCN1CCOc1cc(N2CCCCC2)cc(/C=N/Nc2cccc(C)c2)n1.CC. The molecule has 178 valence electrons. The number of rotatable bonds is 8. The van der Waals surface area contributed by atoms with E-state index in [1.807, 2.05) is 32.0 Å². The summed E-state index contributed by atoms with van der Waals surface area (Å²) in [5.74, 6) is 1.33. The van der Waals surface area contributed by atoms with Gasteiger partial charge in [0.1, 0.15) is 13.2 Å². The van der Waals surface area contributed by atoms with Crippen LogP contribution in [-0.2, 0) is 4.74 Å². The molecule has 4 rings (SSSR count). The van der Waals surface area contributed by atoms with Gasteiger partial charge in [0.25, 0.3) is 0 Å². The van der Waals surface area contributed by atoms with Crippen molar-refractivity contribution in [3.63, 3.8) is 0 Å². The van der Waals surface area contributed by atoms with Crippen molar-refractivity contribution in [2.75, 3.05) is 49.7 Å². The molecular weight excluding hydrogens is 414 g/mol. The monoisotopic (exact) mass is 451 g/mol. The summed E-state index contributed by atoms with van der Waals surface area (Å²) in [4.78, 5) is 9.14. The highest BCUT2D eigenvalue weighted by Gasteiger charge is 2.17. The van der Waals surface area contributed by atoms with E-state index in [1.54, 1.807) is 6.21 Å². The molecule has 0 saturated carbocycles. The average molecular weight is 452 g/mol. The maximum Gasteiger partial charge on any atom is 0.215 e. The van der Waals surface area contributed by atoms with Crippen LogP contribution in [0.15, 0.2) is 54.0 Å². The van der Waals surface area contributed by atoms with Gasteiger partial charge in [-0.2, -0.15) is 5.10 Å². The van der Waals surface area contributed by atoms with Crippen LogP contribution in [0.3, 0.4) is 0 Å². The van der Waals surface area contributed by atoms with Gasteiger partial charge in [0, 0.05) is 24.8 Å². The van der Waals surface area contributed by atoms with Gasteiger partial charge in [0.2, 0.25) is 5.88 Å². The Hall–Kier alpha value is -3.22. The maximum atomic E-state index is 6.01. The number of aromatic nitrogens is 1. The van der Waals surface area contributed by atoms with Crippen LogP contribution in [0, 0.1) is 6.92 Å². The van der Waals surface area contributed by atoms with Crippen molar-refractivity contribution >= 4 is 17.6 Å². The van der Waals surface area contributed by atoms with Gasteiger partial charge >= 0.3 is 0 Å². The van der Waals surface area contributed by atoms with Crippen LogP contribution in [0.4, 0.5) is 11.4 Å². The van der Waals surface area contributed by atoms with Crippen molar-refractivity contribution in [1.29, 1.82) is 0 Å². The zero-order valence-corrected chi connectivity index (χ0v) is 20.2. The minimum Gasteiger partial charge on any atom is -0.478 e. The van der Waals surface area contributed by atoms with E-state index in [0.29, 0.717) is 25.0 Å². The van der Waals surface area contributed by atoms with Gasteiger partial charge in [0.05, 0.1) is 30.7 Å². The van der Waals surface area contributed by atoms with Crippen molar-refractivity contribution in [2.45, 2.75) is 40.0 Å². The third-order valence-electron chi connectivity index (χ3n) is 5.53. The van der Waals surface area contributed by atoms with Gasteiger partial charge in [0.15, 0.2) is 5.88 Å². The van der Waals surface area contributed by atoms with E-state index in [9.17, 15) is 0 Å². The second-order valence-electron chi connectivity index (χ2n) is 7.95. The number of pyridine rings is 1. The van der Waals surface area contributed by atoms with Gasteiger partial charge in [-0.3, -0.25) is 5.43 Å². The Kier molecular flexibility index (Phi) is 9.42. The molecule has 0 amide bonds. The largest absolute Gasteiger partial charge is 0.478 e. The summed E-state index contributed by atoms with van der Waals surface area (Å²) < 4.78 is 11.4. The highest BCUT2D eigenvalue weighted by Crippen LogP contribution is 2.24. The molecule has 0 spiro atoms. The maximum absolute atomic E-state index is 6.01. The number of anilines is 2. The summed E-state index contributed by atoms with van der Waals surface area (Å²) in [6.07, 6.45) is 5.47. The highest BCUT2D eigenvalue weighted by atomic mass is 16.5. The molecule has 0 radical (unpaired) electrons. The molecule has 2 aliphatic rings. The Labute approximate surface area is 198 Å². The molecule has 0 aliphatic carbocycles. The van der Waals surface area contributed by atoms with Crippen molar-refractivity contribution in [2.24, 2.45) is 5.10 Å².